The van der Waals surface area contributed by atoms with E-state index in [9.17, 15) is 36.0 Å². The molecule has 0 saturated heterocycles. The second-order valence-electron chi connectivity index (χ2n) is 8.75. The maximum atomic E-state index is 13.3. The lowest BCUT2D eigenvalue weighted by atomic mass is 9.88. The smallest absolute Gasteiger partial charge is 0.354 e. The molecule has 2 N–H and O–H groups in total. The van der Waals surface area contributed by atoms with Gasteiger partial charge in [-0.15, -0.1) is 0 Å². The van der Waals surface area contributed by atoms with Crippen LogP contribution < -0.4 is 14.8 Å². The number of hydrogen-bond donors (Lipinski definition) is 2. The van der Waals surface area contributed by atoms with Gasteiger partial charge in [0.15, 0.2) is 0 Å². The number of halogens is 4. The van der Waals surface area contributed by atoms with Crippen molar-refractivity contribution in [2.75, 3.05) is 10.6 Å². The fourth-order valence-electron chi connectivity index (χ4n) is 3.05. The molecule has 13 heteroatoms. The van der Waals surface area contributed by atoms with E-state index in [-0.39, 0.29) is 16.9 Å². The number of carbonyl (C=O) groups excluding carboxylic acids is 1. The molecule has 37 heavy (non-hydrogen) atoms. The fourth-order valence-corrected chi connectivity index (χ4v) is 3.47. The molecule has 3 rings (SSSR count). The number of urea groups is 1. The Morgan fingerprint density at radius 3 is 2.16 bits per heavy atom. The molecule has 0 unspecified atom stereocenters. The van der Waals surface area contributed by atoms with Crippen molar-refractivity contribution in [2.45, 2.75) is 31.7 Å². The summed E-state index contributed by atoms with van der Waals surface area (Å²) in [6.45, 7) is 5.08. The van der Waals surface area contributed by atoms with Crippen molar-refractivity contribution in [1.29, 1.82) is 5.26 Å². The molecular formula is C24H20F4N4O4S. The van der Waals surface area contributed by atoms with Crippen molar-refractivity contribution < 1.29 is 35.0 Å². The highest BCUT2D eigenvalue weighted by Crippen LogP contribution is 2.36. The summed E-state index contributed by atoms with van der Waals surface area (Å²) in [5, 5.41) is 14.6. The van der Waals surface area contributed by atoms with Crippen LogP contribution >= 0.6 is 0 Å². The summed E-state index contributed by atoms with van der Waals surface area (Å²) in [6, 6.07) is 13.5. The van der Waals surface area contributed by atoms with Gasteiger partial charge < -0.3 is 14.8 Å². The van der Waals surface area contributed by atoms with Gasteiger partial charge in [0.2, 0.25) is 0 Å². The number of alkyl halides is 3. The zero-order chi connectivity index (χ0) is 27.6. The van der Waals surface area contributed by atoms with Gasteiger partial charge in [0.05, 0.1) is 5.69 Å². The number of benzene rings is 2. The minimum absolute atomic E-state index is 0.0746. The Bertz CT molecular complexity index is 1480. The molecule has 0 spiro atoms. The van der Waals surface area contributed by atoms with Gasteiger partial charge in [0.1, 0.15) is 17.4 Å². The first kappa shape index (κ1) is 27.4. The number of anilines is 2. The maximum Gasteiger partial charge on any atom is 0.534 e. The summed E-state index contributed by atoms with van der Waals surface area (Å²) < 4.78 is 79.6. The monoisotopic (exact) mass is 536 g/mol. The Balaban J connectivity index is 1.97. The molecule has 194 valence electrons. The third-order valence-electron chi connectivity index (χ3n) is 4.87. The van der Waals surface area contributed by atoms with E-state index in [1.807, 2.05) is 0 Å². The van der Waals surface area contributed by atoms with E-state index in [0.29, 0.717) is 11.3 Å². The van der Waals surface area contributed by atoms with E-state index >= 15 is 0 Å². The lowest BCUT2D eigenvalue weighted by molar-refractivity contribution is -0.0501. The van der Waals surface area contributed by atoms with E-state index in [1.165, 1.54) is 48.5 Å². The minimum Gasteiger partial charge on any atom is -0.354 e. The maximum absolute atomic E-state index is 13.3. The zero-order valence-electron chi connectivity index (χ0n) is 19.6. The molecule has 0 aliphatic heterocycles. The normalized spacial score (nSPS) is 11.9. The number of nitrogens with one attached hydrogen (secondary N) is 2. The average molecular weight is 537 g/mol. The molecular weight excluding hydrogens is 516 g/mol. The van der Waals surface area contributed by atoms with Gasteiger partial charge in [-0.1, -0.05) is 39.0 Å². The van der Waals surface area contributed by atoms with Crippen LogP contribution in [0.3, 0.4) is 0 Å². The number of carbonyl (C=O) groups is 1. The molecule has 3 aromatic rings. The second kappa shape index (κ2) is 10.1. The van der Waals surface area contributed by atoms with Crippen LogP contribution in [0.15, 0.2) is 54.6 Å². The fraction of sp³-hybridized carbons (Fsp3) is 0.208. The van der Waals surface area contributed by atoms with Crippen molar-refractivity contribution >= 4 is 27.5 Å². The van der Waals surface area contributed by atoms with E-state index in [1.54, 1.807) is 26.8 Å². The predicted octanol–water partition coefficient (Wildman–Crippen LogP) is 5.93. The van der Waals surface area contributed by atoms with Gasteiger partial charge in [-0.05, 0) is 42.0 Å². The Hall–Kier alpha value is -4.18. The van der Waals surface area contributed by atoms with Gasteiger partial charge >= 0.3 is 21.7 Å². The van der Waals surface area contributed by atoms with E-state index in [0.717, 1.165) is 6.07 Å². The molecule has 0 radical (unpaired) electrons. The van der Waals surface area contributed by atoms with E-state index in [2.05, 4.69) is 19.8 Å². The van der Waals surface area contributed by atoms with Crippen LogP contribution in [0.2, 0.25) is 0 Å². The SMILES string of the molecule is CC(C)(C)c1cc(-c2ccc(NC(=O)Nc3cccc(F)c3)cc2)c(C#N)c(OS(=O)(=O)C(F)(F)F)n1. The minimum atomic E-state index is -6.08. The first-order valence-corrected chi connectivity index (χ1v) is 11.9. The van der Waals surface area contributed by atoms with Crippen LogP contribution in [-0.4, -0.2) is 24.9 Å². The summed E-state index contributed by atoms with van der Waals surface area (Å²) in [6.07, 6.45) is 0. The molecule has 0 bridgehead atoms. The summed E-state index contributed by atoms with van der Waals surface area (Å²) >= 11 is 0. The summed E-state index contributed by atoms with van der Waals surface area (Å²) in [5.74, 6) is -1.53. The number of hydrogen-bond acceptors (Lipinski definition) is 6. The lowest BCUT2D eigenvalue weighted by Crippen LogP contribution is -2.29. The summed E-state index contributed by atoms with van der Waals surface area (Å²) in [7, 11) is -6.08. The lowest BCUT2D eigenvalue weighted by Gasteiger charge is -2.21. The Morgan fingerprint density at radius 2 is 1.62 bits per heavy atom. The number of pyridine rings is 1. The Morgan fingerprint density at radius 1 is 1.00 bits per heavy atom. The Labute approximate surface area is 210 Å². The van der Waals surface area contributed by atoms with Crippen LogP contribution in [0.5, 0.6) is 5.88 Å². The molecule has 0 aliphatic rings. The van der Waals surface area contributed by atoms with Gasteiger partial charge in [-0.2, -0.15) is 26.9 Å². The van der Waals surface area contributed by atoms with Crippen molar-refractivity contribution in [3.05, 3.63) is 71.7 Å². The van der Waals surface area contributed by atoms with Gasteiger partial charge in [-0.25, -0.2) is 14.2 Å². The quantitative estimate of drug-likeness (QED) is 0.237. The highest BCUT2D eigenvalue weighted by atomic mass is 32.2. The number of amides is 2. The third kappa shape index (κ3) is 6.53. The molecule has 0 saturated carbocycles. The number of rotatable bonds is 5. The van der Waals surface area contributed by atoms with Gasteiger partial charge in [0, 0.05) is 22.4 Å². The van der Waals surface area contributed by atoms with Crippen LogP contribution in [0, 0.1) is 17.1 Å². The van der Waals surface area contributed by atoms with Crippen LogP contribution in [0.25, 0.3) is 11.1 Å². The predicted molar refractivity (Wildman–Crippen MR) is 128 cm³/mol. The molecule has 1 aromatic heterocycles. The number of nitriles is 1. The average Bonchev–Trinajstić information content (AvgIpc) is 2.77. The standard InChI is InChI=1S/C24H20F4N4O4S/c1-23(2,3)20-12-18(19(13-29)21(32-20)36-37(34,35)24(26,27)28)14-7-9-16(10-8-14)30-22(33)31-17-6-4-5-15(25)11-17/h4-12H,1-3H3,(H2,30,31,33). The number of aromatic nitrogens is 1. The molecule has 2 aromatic carbocycles. The number of nitrogens with zero attached hydrogens (tertiary/aromatic N) is 2. The summed E-state index contributed by atoms with van der Waals surface area (Å²) in [5.41, 5.74) is -5.91. The van der Waals surface area contributed by atoms with Crippen molar-refractivity contribution in [3.63, 3.8) is 0 Å². The largest absolute Gasteiger partial charge is 0.534 e. The van der Waals surface area contributed by atoms with Crippen LogP contribution in [0.1, 0.15) is 32.0 Å². The first-order valence-electron chi connectivity index (χ1n) is 10.5. The highest BCUT2D eigenvalue weighted by molar-refractivity contribution is 7.88. The van der Waals surface area contributed by atoms with E-state index < -0.39 is 44.3 Å². The van der Waals surface area contributed by atoms with Crippen LogP contribution in [0.4, 0.5) is 33.7 Å². The molecule has 1 heterocycles. The second-order valence-corrected chi connectivity index (χ2v) is 10.3. The van der Waals surface area contributed by atoms with Crippen molar-refractivity contribution in [3.8, 4) is 23.1 Å². The van der Waals surface area contributed by atoms with Crippen molar-refractivity contribution in [2.24, 2.45) is 0 Å². The molecule has 0 aliphatic carbocycles. The zero-order valence-corrected chi connectivity index (χ0v) is 20.5. The van der Waals surface area contributed by atoms with Gasteiger partial charge in [-0.3, -0.25) is 0 Å². The molecule has 8 nitrogen and oxygen atoms in total. The molecule has 0 fully saturated rings. The van der Waals surface area contributed by atoms with Crippen LogP contribution in [-0.2, 0) is 15.5 Å². The molecule has 2 amide bonds. The first-order chi connectivity index (χ1) is 17.1. The molecule has 0 atom stereocenters. The van der Waals surface area contributed by atoms with E-state index in [4.69, 9.17) is 0 Å². The Kier molecular flexibility index (Phi) is 7.45. The topological polar surface area (TPSA) is 121 Å². The third-order valence-corrected chi connectivity index (χ3v) is 5.82. The van der Waals surface area contributed by atoms with Crippen molar-refractivity contribution in [1.82, 2.24) is 4.98 Å². The summed E-state index contributed by atoms with van der Waals surface area (Å²) in [4.78, 5) is 16.1. The van der Waals surface area contributed by atoms with Gasteiger partial charge in [0.25, 0.3) is 5.88 Å². The highest BCUT2D eigenvalue weighted by Gasteiger charge is 2.49.